The van der Waals surface area contributed by atoms with E-state index in [0.29, 0.717) is 38.3 Å². The highest BCUT2D eigenvalue weighted by Crippen LogP contribution is 2.18. The van der Waals surface area contributed by atoms with Gasteiger partial charge in [-0.2, -0.15) is 5.10 Å². The molecule has 0 saturated carbocycles. The lowest BCUT2D eigenvalue weighted by molar-refractivity contribution is -0.142. The minimum absolute atomic E-state index is 0.0581. The average Bonchev–Trinajstić information content (AvgIpc) is 3.15. The van der Waals surface area contributed by atoms with Crippen molar-refractivity contribution in [3.05, 3.63) is 17.5 Å². The molecule has 1 aromatic heterocycles. The molecular weight excluding hydrogens is 336 g/mol. The number of aryl methyl sites for hydroxylation is 1. The Morgan fingerprint density at radius 1 is 1.38 bits per heavy atom. The normalized spacial score (nSPS) is 19.6. The zero-order valence-electron chi connectivity index (χ0n) is 15.6. The summed E-state index contributed by atoms with van der Waals surface area (Å²) < 4.78 is 1.82. The van der Waals surface area contributed by atoms with Gasteiger partial charge >= 0.3 is 0 Å². The van der Waals surface area contributed by atoms with Gasteiger partial charge in [-0.15, -0.1) is 0 Å². The predicted octanol–water partition coefficient (Wildman–Crippen LogP) is 0.0716. The molecule has 2 amide bonds. The second-order valence-electron chi connectivity index (χ2n) is 7.04. The molecule has 9 heteroatoms. The number of nitrogens with zero attached hydrogens (tertiary/aromatic N) is 5. The van der Waals surface area contributed by atoms with Crippen molar-refractivity contribution in [2.75, 3.05) is 33.7 Å². The van der Waals surface area contributed by atoms with Gasteiger partial charge in [0.05, 0.1) is 18.0 Å². The molecule has 0 bridgehead atoms. The van der Waals surface area contributed by atoms with Gasteiger partial charge in [0.2, 0.25) is 6.10 Å². The monoisotopic (exact) mass is 362 g/mol. The maximum atomic E-state index is 12.7. The van der Waals surface area contributed by atoms with Crippen molar-refractivity contribution in [1.82, 2.24) is 24.9 Å². The van der Waals surface area contributed by atoms with Crippen molar-refractivity contribution in [1.29, 1.82) is 0 Å². The molecule has 2 aliphatic heterocycles. The second kappa shape index (κ2) is 7.86. The largest absolute Gasteiger partial charge is 0.382 e. The molecule has 0 saturated heterocycles. The molecule has 0 fully saturated rings. The molecule has 2 aliphatic rings. The van der Waals surface area contributed by atoms with Crippen LogP contribution in [0.4, 0.5) is 0 Å². The van der Waals surface area contributed by atoms with Gasteiger partial charge in [0.1, 0.15) is 0 Å². The number of carbonyl (C=O) groups is 2. The molecule has 1 aromatic rings. The Balaban J connectivity index is 1.63. The zero-order valence-corrected chi connectivity index (χ0v) is 15.6. The lowest BCUT2D eigenvalue weighted by atomic mass is 10.1. The van der Waals surface area contributed by atoms with Crippen LogP contribution in [0.1, 0.15) is 35.9 Å². The quantitative estimate of drug-likeness (QED) is 0.800. The standard InChI is InChI=1S/C17H26N6O3/c1-12-9-15(26-20-12)17(25)22-6-4-7-23-13(11-22)10-14(19-23)16(24)18-5-8-21(2)3/h10,15H,4-9,11H2,1-3H3,(H,18,24). The van der Waals surface area contributed by atoms with Crippen LogP contribution in [0.2, 0.25) is 0 Å². The van der Waals surface area contributed by atoms with Crippen molar-refractivity contribution in [3.63, 3.8) is 0 Å². The van der Waals surface area contributed by atoms with Crippen molar-refractivity contribution in [2.45, 2.75) is 39.0 Å². The highest BCUT2D eigenvalue weighted by Gasteiger charge is 2.32. The number of fused-ring (bicyclic) bond motifs is 1. The van der Waals surface area contributed by atoms with Gasteiger partial charge in [0.15, 0.2) is 5.69 Å². The molecule has 1 N–H and O–H groups in total. The lowest BCUT2D eigenvalue weighted by Crippen LogP contribution is -2.39. The number of hydrogen-bond acceptors (Lipinski definition) is 6. The van der Waals surface area contributed by atoms with E-state index in [-0.39, 0.29) is 11.8 Å². The first kappa shape index (κ1) is 18.4. The Kier molecular flexibility index (Phi) is 5.55. The van der Waals surface area contributed by atoms with Crippen LogP contribution in [0.5, 0.6) is 0 Å². The van der Waals surface area contributed by atoms with Gasteiger partial charge in [-0.3, -0.25) is 14.3 Å². The van der Waals surface area contributed by atoms with Gasteiger partial charge in [-0.05, 0) is 33.5 Å². The summed E-state index contributed by atoms with van der Waals surface area (Å²) in [6.45, 7) is 4.94. The van der Waals surface area contributed by atoms with Crippen LogP contribution in [0.15, 0.2) is 11.2 Å². The Bertz CT molecular complexity index is 711. The fraction of sp³-hybridized carbons (Fsp3) is 0.647. The third-order valence-electron chi connectivity index (χ3n) is 4.50. The average molecular weight is 362 g/mol. The molecule has 9 nitrogen and oxygen atoms in total. The van der Waals surface area contributed by atoms with Crippen molar-refractivity contribution in [3.8, 4) is 0 Å². The van der Waals surface area contributed by atoms with Crippen LogP contribution in [0, 0.1) is 0 Å². The van der Waals surface area contributed by atoms with Crippen molar-refractivity contribution >= 4 is 17.5 Å². The van der Waals surface area contributed by atoms with Crippen LogP contribution in [-0.4, -0.2) is 76.9 Å². The second-order valence-corrected chi connectivity index (χ2v) is 7.04. The van der Waals surface area contributed by atoms with Crippen molar-refractivity contribution in [2.24, 2.45) is 5.16 Å². The van der Waals surface area contributed by atoms with Gasteiger partial charge in [0.25, 0.3) is 11.8 Å². The smallest absolute Gasteiger partial charge is 0.271 e. The molecule has 26 heavy (non-hydrogen) atoms. The third kappa shape index (κ3) is 4.21. The van der Waals surface area contributed by atoms with E-state index >= 15 is 0 Å². The van der Waals surface area contributed by atoms with E-state index in [9.17, 15) is 9.59 Å². The number of likely N-dealkylation sites (N-methyl/N-ethyl adjacent to an activating group) is 1. The van der Waals surface area contributed by atoms with Gasteiger partial charge in [-0.1, -0.05) is 5.16 Å². The number of rotatable bonds is 5. The maximum absolute atomic E-state index is 12.7. The lowest BCUT2D eigenvalue weighted by Gasteiger charge is -2.22. The summed E-state index contributed by atoms with van der Waals surface area (Å²) in [5.74, 6) is -0.245. The minimum Gasteiger partial charge on any atom is -0.382 e. The number of aromatic nitrogens is 2. The van der Waals surface area contributed by atoms with Gasteiger partial charge in [-0.25, -0.2) is 0 Å². The van der Waals surface area contributed by atoms with Gasteiger partial charge in [0, 0.05) is 32.6 Å². The molecule has 1 atom stereocenters. The molecule has 0 radical (unpaired) electrons. The van der Waals surface area contributed by atoms with E-state index in [0.717, 1.165) is 24.4 Å². The van der Waals surface area contributed by atoms with Crippen LogP contribution >= 0.6 is 0 Å². The summed E-state index contributed by atoms with van der Waals surface area (Å²) in [5.41, 5.74) is 2.09. The van der Waals surface area contributed by atoms with E-state index in [1.165, 1.54) is 0 Å². The van der Waals surface area contributed by atoms with Crippen LogP contribution in [-0.2, 0) is 22.7 Å². The number of hydrogen-bond donors (Lipinski definition) is 1. The molecule has 1 unspecified atom stereocenters. The molecule has 3 heterocycles. The summed E-state index contributed by atoms with van der Waals surface area (Å²) in [7, 11) is 3.91. The van der Waals surface area contributed by atoms with E-state index in [1.807, 2.05) is 30.6 Å². The summed E-state index contributed by atoms with van der Waals surface area (Å²) in [4.78, 5) is 33.9. The molecule has 0 spiro atoms. The van der Waals surface area contributed by atoms with Gasteiger partial charge < -0.3 is 20.0 Å². The fourth-order valence-electron chi connectivity index (χ4n) is 3.08. The molecule has 0 aromatic carbocycles. The number of amides is 2. The number of oxime groups is 1. The Morgan fingerprint density at radius 2 is 2.19 bits per heavy atom. The van der Waals surface area contributed by atoms with E-state index in [4.69, 9.17) is 4.84 Å². The molecule has 3 rings (SSSR count). The Hall–Kier alpha value is -2.42. The van der Waals surface area contributed by atoms with Crippen molar-refractivity contribution < 1.29 is 14.4 Å². The zero-order chi connectivity index (χ0) is 18.7. The maximum Gasteiger partial charge on any atom is 0.271 e. The first-order chi connectivity index (χ1) is 12.4. The summed E-state index contributed by atoms with van der Waals surface area (Å²) >= 11 is 0. The fourth-order valence-corrected chi connectivity index (χ4v) is 3.08. The third-order valence-corrected chi connectivity index (χ3v) is 4.50. The van der Waals surface area contributed by atoms with E-state index in [1.54, 1.807) is 11.0 Å². The first-order valence-electron chi connectivity index (χ1n) is 8.92. The highest BCUT2D eigenvalue weighted by atomic mass is 16.6. The molecular formula is C17H26N6O3. The van der Waals surface area contributed by atoms with Crippen LogP contribution < -0.4 is 5.32 Å². The van der Waals surface area contributed by atoms with Crippen LogP contribution in [0.3, 0.4) is 0 Å². The topological polar surface area (TPSA) is 92.1 Å². The number of nitrogens with one attached hydrogen (secondary N) is 1. The molecule has 142 valence electrons. The Labute approximate surface area is 152 Å². The van der Waals surface area contributed by atoms with Crippen LogP contribution in [0.25, 0.3) is 0 Å². The van der Waals surface area contributed by atoms with E-state index < -0.39 is 6.10 Å². The minimum atomic E-state index is -0.529. The van der Waals surface area contributed by atoms with E-state index in [2.05, 4.69) is 15.6 Å². The summed E-state index contributed by atoms with van der Waals surface area (Å²) in [6.07, 6.45) is 0.793. The summed E-state index contributed by atoms with van der Waals surface area (Å²) in [6, 6.07) is 1.77. The SMILES string of the molecule is CC1=NOC(C(=O)N2CCCn3nc(C(=O)NCCN(C)C)cc3C2)C1. The Morgan fingerprint density at radius 3 is 2.88 bits per heavy atom. The molecule has 0 aliphatic carbocycles. The predicted molar refractivity (Wildman–Crippen MR) is 95.7 cm³/mol. The highest BCUT2D eigenvalue weighted by molar-refractivity contribution is 5.93. The first-order valence-corrected chi connectivity index (χ1v) is 8.92. The number of carbonyl (C=O) groups excluding carboxylic acids is 2. The summed E-state index contributed by atoms with van der Waals surface area (Å²) in [5, 5.41) is 11.1.